The van der Waals surface area contributed by atoms with Crippen molar-refractivity contribution in [1.82, 2.24) is 0 Å². The smallest absolute Gasteiger partial charge is 0.0468 e. The summed E-state index contributed by atoms with van der Waals surface area (Å²) in [6, 6.07) is 61.8. The molecule has 10 rings (SSSR count). The van der Waals surface area contributed by atoms with E-state index in [1.165, 1.54) is 88.7 Å². The summed E-state index contributed by atoms with van der Waals surface area (Å²) in [5.41, 5.74) is 21.8. The van der Waals surface area contributed by atoms with E-state index in [1.807, 2.05) is 0 Å². The molecule has 0 aliphatic heterocycles. The van der Waals surface area contributed by atoms with E-state index in [4.69, 9.17) is 0 Å². The van der Waals surface area contributed by atoms with Crippen LogP contribution in [-0.4, -0.2) is 0 Å². The first-order valence-corrected chi connectivity index (χ1v) is 19.6. The maximum absolute atomic E-state index is 2.47. The summed E-state index contributed by atoms with van der Waals surface area (Å²) in [5.74, 6) is 0. The number of hydrogen-bond acceptors (Lipinski definition) is 1. The van der Waals surface area contributed by atoms with Crippen molar-refractivity contribution in [3.05, 3.63) is 197 Å². The van der Waals surface area contributed by atoms with Crippen LogP contribution < -0.4 is 4.90 Å². The molecule has 0 atom stereocenters. The minimum Gasteiger partial charge on any atom is -0.310 e. The topological polar surface area (TPSA) is 3.24 Å². The zero-order valence-electron chi connectivity index (χ0n) is 32.5. The summed E-state index contributed by atoms with van der Waals surface area (Å²) in [7, 11) is 0. The second-order valence-corrected chi connectivity index (χ2v) is 16.8. The van der Waals surface area contributed by atoms with Crippen molar-refractivity contribution in [2.24, 2.45) is 0 Å². The first kappa shape index (κ1) is 33.4. The van der Waals surface area contributed by atoms with E-state index < -0.39 is 0 Å². The normalized spacial score (nSPS) is 14.3. The van der Waals surface area contributed by atoms with Gasteiger partial charge >= 0.3 is 0 Å². The molecule has 8 aromatic carbocycles. The molecule has 266 valence electrons. The number of anilines is 3. The minimum absolute atomic E-state index is 0.0715. The lowest BCUT2D eigenvalue weighted by atomic mass is 9.80. The van der Waals surface area contributed by atoms with E-state index in [0.717, 1.165) is 17.1 Å². The lowest BCUT2D eigenvalue weighted by Crippen LogP contribution is -2.15. The van der Waals surface area contributed by atoms with E-state index in [2.05, 4.69) is 210 Å². The lowest BCUT2D eigenvalue weighted by molar-refractivity contribution is 0.660. The lowest BCUT2D eigenvalue weighted by Gasteiger charge is -2.26. The van der Waals surface area contributed by atoms with Crippen molar-refractivity contribution in [3.63, 3.8) is 0 Å². The quantitative estimate of drug-likeness (QED) is 0.172. The summed E-state index contributed by atoms with van der Waals surface area (Å²) in [6.45, 7) is 13.8. The van der Waals surface area contributed by atoms with Gasteiger partial charge in [-0.05, 0) is 152 Å². The molecule has 0 aromatic heterocycles. The first-order chi connectivity index (χ1) is 26.6. The van der Waals surface area contributed by atoms with E-state index in [0.29, 0.717) is 0 Å². The molecule has 8 aromatic rings. The van der Waals surface area contributed by atoms with Gasteiger partial charge in [-0.15, -0.1) is 0 Å². The average molecular weight is 708 g/mol. The van der Waals surface area contributed by atoms with Gasteiger partial charge in [0.2, 0.25) is 0 Å². The van der Waals surface area contributed by atoms with Crippen LogP contribution in [0.4, 0.5) is 17.1 Å². The molecule has 0 radical (unpaired) electrons. The highest BCUT2D eigenvalue weighted by Gasteiger charge is 2.36. The van der Waals surface area contributed by atoms with Crippen molar-refractivity contribution in [2.75, 3.05) is 4.90 Å². The van der Waals surface area contributed by atoms with Crippen LogP contribution in [0.15, 0.2) is 164 Å². The Bertz CT molecular complexity index is 2770. The molecule has 1 heteroatoms. The third kappa shape index (κ3) is 5.21. The molecule has 1 nitrogen and oxygen atoms in total. The molecule has 0 heterocycles. The van der Waals surface area contributed by atoms with Gasteiger partial charge in [0.25, 0.3) is 0 Å². The highest BCUT2D eigenvalue weighted by molar-refractivity contribution is 6.03. The monoisotopic (exact) mass is 707 g/mol. The number of aryl methyl sites for hydroxylation is 2. The van der Waals surface area contributed by atoms with Crippen molar-refractivity contribution < 1.29 is 0 Å². The highest BCUT2D eigenvalue weighted by atomic mass is 15.1. The highest BCUT2D eigenvalue weighted by Crippen LogP contribution is 2.52. The third-order valence-electron chi connectivity index (χ3n) is 12.6. The summed E-state index contributed by atoms with van der Waals surface area (Å²) >= 11 is 0. The molecule has 0 N–H and O–H groups in total. The number of rotatable bonds is 5. The van der Waals surface area contributed by atoms with Gasteiger partial charge in [0.05, 0.1) is 0 Å². The van der Waals surface area contributed by atoms with Crippen LogP contribution in [-0.2, 0) is 10.8 Å². The second-order valence-electron chi connectivity index (χ2n) is 16.8. The predicted molar refractivity (Wildman–Crippen MR) is 234 cm³/mol. The molecule has 55 heavy (non-hydrogen) atoms. The molecule has 0 amide bonds. The zero-order chi connectivity index (χ0) is 37.6. The molecular weight excluding hydrogens is 663 g/mol. The largest absolute Gasteiger partial charge is 0.310 e. The van der Waals surface area contributed by atoms with Crippen molar-refractivity contribution >= 4 is 27.8 Å². The molecule has 0 saturated carbocycles. The maximum Gasteiger partial charge on any atom is 0.0468 e. The van der Waals surface area contributed by atoms with Gasteiger partial charge in [-0.2, -0.15) is 0 Å². The maximum atomic E-state index is 2.47. The third-order valence-corrected chi connectivity index (χ3v) is 12.6. The van der Waals surface area contributed by atoms with E-state index in [9.17, 15) is 0 Å². The van der Waals surface area contributed by atoms with Crippen LogP contribution in [0.3, 0.4) is 0 Å². The molecule has 0 saturated heterocycles. The average Bonchev–Trinajstić information content (AvgIpc) is 3.58. The van der Waals surface area contributed by atoms with Crippen LogP contribution >= 0.6 is 0 Å². The molecule has 2 aliphatic rings. The van der Waals surface area contributed by atoms with E-state index in [-0.39, 0.29) is 10.8 Å². The van der Waals surface area contributed by atoms with Crippen molar-refractivity contribution in [3.8, 4) is 44.5 Å². The molecule has 0 spiro atoms. The summed E-state index contributed by atoms with van der Waals surface area (Å²) in [4.78, 5) is 2.38. The Labute approximate surface area is 325 Å². The molecule has 0 unspecified atom stereocenters. The molecule has 0 bridgehead atoms. The fourth-order valence-electron chi connectivity index (χ4n) is 9.49. The minimum atomic E-state index is -0.0777. The second kappa shape index (κ2) is 12.2. The van der Waals surface area contributed by atoms with E-state index >= 15 is 0 Å². The standard InChI is InChI=1S/C54H45N/c1-34-15-21-40(22-16-34)55(41-23-17-35(2)18-24-41)42-25-28-43-39(30-42)29-38(36-19-26-46-44-11-7-9-13-49(44)53(3,4)51(46)32-36)31-48(43)37-20-27-47-45-12-8-10-14-50(45)54(5,6)52(47)33-37/h7-33H,1-6H3. The zero-order valence-corrected chi connectivity index (χ0v) is 32.5. The summed E-state index contributed by atoms with van der Waals surface area (Å²) < 4.78 is 0. The van der Waals surface area contributed by atoms with Crippen molar-refractivity contribution in [1.29, 1.82) is 0 Å². The Balaban J connectivity index is 1.19. The van der Waals surface area contributed by atoms with Gasteiger partial charge in [0, 0.05) is 27.9 Å². The Morgan fingerprint density at radius 3 is 1.38 bits per heavy atom. The fourth-order valence-corrected chi connectivity index (χ4v) is 9.49. The van der Waals surface area contributed by atoms with Crippen LogP contribution in [0.25, 0.3) is 55.3 Å². The summed E-state index contributed by atoms with van der Waals surface area (Å²) in [5, 5.41) is 2.47. The number of fused-ring (bicyclic) bond motifs is 7. The molecule has 2 aliphatic carbocycles. The number of hydrogen-bond donors (Lipinski definition) is 0. The SMILES string of the molecule is Cc1ccc(N(c2ccc(C)cc2)c2ccc3c(-c4ccc5c(c4)C(C)(C)c4ccccc4-5)cc(-c4ccc5c(c4)C(C)(C)c4ccccc4-5)cc3c2)cc1. The number of benzene rings is 8. The van der Waals surface area contributed by atoms with Gasteiger partial charge < -0.3 is 4.90 Å². The Morgan fingerprint density at radius 1 is 0.345 bits per heavy atom. The predicted octanol–water partition coefficient (Wildman–Crippen LogP) is 14.9. The van der Waals surface area contributed by atoms with Crippen molar-refractivity contribution in [2.45, 2.75) is 52.4 Å². The first-order valence-electron chi connectivity index (χ1n) is 19.6. The summed E-state index contributed by atoms with van der Waals surface area (Å²) in [6.07, 6.45) is 0. The van der Waals surface area contributed by atoms with Gasteiger partial charge in [-0.1, -0.05) is 142 Å². The Hall–Kier alpha value is -6.18. The van der Waals surface area contributed by atoms with Gasteiger partial charge in [0.15, 0.2) is 0 Å². The van der Waals surface area contributed by atoms with Gasteiger partial charge in [0.1, 0.15) is 0 Å². The van der Waals surface area contributed by atoms with Gasteiger partial charge in [-0.3, -0.25) is 0 Å². The fraction of sp³-hybridized carbons (Fsp3) is 0.148. The Morgan fingerprint density at radius 2 is 0.818 bits per heavy atom. The van der Waals surface area contributed by atoms with E-state index in [1.54, 1.807) is 0 Å². The van der Waals surface area contributed by atoms with Crippen LogP contribution in [0.5, 0.6) is 0 Å². The van der Waals surface area contributed by atoms with Gasteiger partial charge in [-0.25, -0.2) is 0 Å². The van der Waals surface area contributed by atoms with Crippen LogP contribution in [0, 0.1) is 13.8 Å². The van der Waals surface area contributed by atoms with Crippen LogP contribution in [0.2, 0.25) is 0 Å². The van der Waals surface area contributed by atoms with Crippen LogP contribution in [0.1, 0.15) is 61.1 Å². The number of nitrogens with zero attached hydrogens (tertiary/aromatic N) is 1. The Kier molecular flexibility index (Phi) is 7.39. The molecule has 0 fully saturated rings. The molecular formula is C54H45N.